The quantitative estimate of drug-likeness (QED) is 0.300. The van der Waals surface area contributed by atoms with Crippen molar-refractivity contribution in [3.05, 3.63) is 0 Å². The fourth-order valence-electron chi connectivity index (χ4n) is 1.20. The molecule has 4 atom stereocenters. The molecule has 11 nitrogen and oxygen atoms in total. The summed E-state index contributed by atoms with van der Waals surface area (Å²) in [5.41, 5.74) is 0. The minimum atomic E-state index is -5.22. The standard InChI is InChI=1S/C6H14O11P2/c7-3-1-15-19(14,17-18(11,12)13)16-2-4(8)6(10)5(3)9/h3-10H,1-2H2,(H2,11,12,13)/t3-,4-,5-,6-/m1/s1. The van der Waals surface area contributed by atoms with Crippen molar-refractivity contribution in [2.45, 2.75) is 24.4 Å². The lowest BCUT2D eigenvalue weighted by Gasteiger charge is -2.23. The van der Waals surface area contributed by atoms with E-state index in [1.54, 1.807) is 0 Å². The van der Waals surface area contributed by atoms with Gasteiger partial charge >= 0.3 is 15.6 Å². The van der Waals surface area contributed by atoms with Crippen molar-refractivity contribution in [1.29, 1.82) is 0 Å². The number of phosphoric ester groups is 1. The molecule has 0 aliphatic carbocycles. The van der Waals surface area contributed by atoms with E-state index in [0.29, 0.717) is 0 Å². The van der Waals surface area contributed by atoms with Gasteiger partial charge in [-0.3, -0.25) is 9.05 Å². The minimum Gasteiger partial charge on any atom is -0.388 e. The van der Waals surface area contributed by atoms with Gasteiger partial charge in [-0.1, -0.05) is 0 Å². The van der Waals surface area contributed by atoms with Crippen LogP contribution in [-0.4, -0.2) is 67.8 Å². The molecule has 19 heavy (non-hydrogen) atoms. The van der Waals surface area contributed by atoms with E-state index in [9.17, 15) is 29.6 Å². The van der Waals surface area contributed by atoms with E-state index in [0.717, 1.165) is 0 Å². The first-order valence-electron chi connectivity index (χ1n) is 4.92. The van der Waals surface area contributed by atoms with Gasteiger partial charge in [0.05, 0.1) is 13.2 Å². The lowest BCUT2D eigenvalue weighted by Crippen LogP contribution is -2.46. The van der Waals surface area contributed by atoms with E-state index in [1.165, 1.54) is 0 Å². The van der Waals surface area contributed by atoms with Crippen molar-refractivity contribution in [3.8, 4) is 0 Å². The van der Waals surface area contributed by atoms with Crippen molar-refractivity contribution >= 4 is 15.6 Å². The van der Waals surface area contributed by atoms with E-state index in [1.807, 2.05) is 0 Å². The Morgan fingerprint density at radius 1 is 1.00 bits per heavy atom. The van der Waals surface area contributed by atoms with E-state index >= 15 is 0 Å². The Hall–Kier alpha value is 0.1000. The summed E-state index contributed by atoms with van der Waals surface area (Å²) in [7, 11) is -9.99. The summed E-state index contributed by atoms with van der Waals surface area (Å²) in [6.07, 6.45) is -7.22. The highest BCUT2D eigenvalue weighted by Crippen LogP contribution is 2.61. The molecule has 0 aromatic rings. The molecule has 114 valence electrons. The highest BCUT2D eigenvalue weighted by molar-refractivity contribution is 7.61. The molecule has 0 bridgehead atoms. The summed E-state index contributed by atoms with van der Waals surface area (Å²) < 4.78 is 34.9. The molecule has 0 saturated carbocycles. The molecule has 13 heteroatoms. The number of rotatable bonds is 2. The second-order valence-corrected chi connectivity index (χ2v) is 6.77. The van der Waals surface area contributed by atoms with Crippen LogP contribution in [-0.2, 0) is 22.5 Å². The van der Waals surface area contributed by atoms with Gasteiger partial charge in [-0.15, -0.1) is 0 Å². The maximum atomic E-state index is 11.7. The van der Waals surface area contributed by atoms with Crippen LogP contribution < -0.4 is 0 Å². The number of phosphoric acid groups is 2. The molecular weight excluding hydrogens is 310 g/mol. The van der Waals surface area contributed by atoms with Crippen LogP contribution in [0, 0.1) is 0 Å². The van der Waals surface area contributed by atoms with Crippen molar-refractivity contribution in [2.24, 2.45) is 0 Å². The SMILES string of the molecule is O=P(O)(O)OP1(=O)OC[C@@H](O)[C@@H](O)[C@H](O)[C@H](O)CO1. The molecule has 0 amide bonds. The van der Waals surface area contributed by atoms with Gasteiger partial charge in [0, 0.05) is 0 Å². The molecule has 6 N–H and O–H groups in total. The van der Waals surface area contributed by atoms with Crippen LogP contribution in [0.5, 0.6) is 0 Å². The average Bonchev–Trinajstić information content (AvgIpc) is 2.30. The zero-order chi connectivity index (χ0) is 14.8. The first-order valence-corrected chi connectivity index (χ1v) is 7.91. The maximum Gasteiger partial charge on any atom is 0.483 e. The first kappa shape index (κ1) is 17.2. The van der Waals surface area contributed by atoms with Crippen molar-refractivity contribution in [3.63, 3.8) is 0 Å². The fourth-order valence-corrected chi connectivity index (χ4v) is 3.37. The largest absolute Gasteiger partial charge is 0.483 e. The highest BCUT2D eigenvalue weighted by atomic mass is 31.3. The molecule has 0 aromatic carbocycles. The highest BCUT2D eigenvalue weighted by Gasteiger charge is 2.41. The van der Waals surface area contributed by atoms with E-state index in [2.05, 4.69) is 13.4 Å². The van der Waals surface area contributed by atoms with Gasteiger partial charge in [-0.25, -0.2) is 9.13 Å². The van der Waals surface area contributed by atoms with Gasteiger partial charge in [0.1, 0.15) is 24.4 Å². The van der Waals surface area contributed by atoms with E-state index in [-0.39, 0.29) is 0 Å². The number of aliphatic hydroxyl groups is 4. The van der Waals surface area contributed by atoms with Crippen LogP contribution in [0.2, 0.25) is 0 Å². The monoisotopic (exact) mass is 324 g/mol. The van der Waals surface area contributed by atoms with Crippen LogP contribution in [0.1, 0.15) is 0 Å². The van der Waals surface area contributed by atoms with Gasteiger partial charge in [0.15, 0.2) is 0 Å². The Kier molecular flexibility index (Phi) is 5.64. The maximum absolute atomic E-state index is 11.7. The Labute approximate surface area is 107 Å². The Morgan fingerprint density at radius 2 is 1.37 bits per heavy atom. The Morgan fingerprint density at radius 3 is 1.68 bits per heavy atom. The molecule has 1 saturated heterocycles. The average molecular weight is 324 g/mol. The van der Waals surface area contributed by atoms with Crippen molar-refractivity contribution in [1.82, 2.24) is 0 Å². The summed E-state index contributed by atoms with van der Waals surface area (Å²) in [6.45, 7) is -1.80. The first-order chi connectivity index (χ1) is 8.54. The molecular formula is C6H14O11P2. The van der Waals surface area contributed by atoms with Gasteiger partial charge in [0.2, 0.25) is 0 Å². The third kappa shape index (κ3) is 5.18. The topological polar surface area (TPSA) is 183 Å². The molecule has 1 aliphatic rings. The number of hydrogen-bond donors (Lipinski definition) is 6. The van der Waals surface area contributed by atoms with E-state index in [4.69, 9.17) is 9.79 Å². The van der Waals surface area contributed by atoms with Crippen LogP contribution in [0.25, 0.3) is 0 Å². The molecule has 0 spiro atoms. The van der Waals surface area contributed by atoms with Crippen LogP contribution in [0.15, 0.2) is 0 Å². The summed E-state index contributed by atoms with van der Waals surface area (Å²) in [4.78, 5) is 17.1. The van der Waals surface area contributed by atoms with Gasteiger partial charge in [0.25, 0.3) is 0 Å². The van der Waals surface area contributed by atoms with Crippen molar-refractivity contribution in [2.75, 3.05) is 13.2 Å². The predicted octanol–water partition coefficient (Wildman–Crippen LogP) is -2.31. The van der Waals surface area contributed by atoms with Gasteiger partial charge in [-0.2, -0.15) is 4.31 Å². The fraction of sp³-hybridized carbons (Fsp3) is 1.00. The smallest absolute Gasteiger partial charge is 0.388 e. The summed E-state index contributed by atoms with van der Waals surface area (Å²) in [5, 5.41) is 37.4. The normalized spacial score (nSPS) is 42.2. The Bertz CT molecular complexity index is 371. The summed E-state index contributed by atoms with van der Waals surface area (Å²) in [5.74, 6) is 0. The van der Waals surface area contributed by atoms with E-state index < -0.39 is 53.3 Å². The molecule has 1 heterocycles. The lowest BCUT2D eigenvalue weighted by atomic mass is 10.0. The lowest BCUT2D eigenvalue weighted by molar-refractivity contribution is -0.113. The van der Waals surface area contributed by atoms with Gasteiger partial charge in [-0.05, 0) is 0 Å². The second kappa shape index (κ2) is 6.25. The molecule has 0 radical (unpaired) electrons. The molecule has 1 rings (SSSR count). The summed E-state index contributed by atoms with van der Waals surface area (Å²) in [6, 6.07) is 0. The number of hydrogen-bond acceptors (Lipinski definition) is 9. The van der Waals surface area contributed by atoms with Crippen LogP contribution in [0.4, 0.5) is 0 Å². The number of aliphatic hydroxyl groups excluding tert-OH is 4. The molecule has 0 unspecified atom stereocenters. The zero-order valence-corrected chi connectivity index (χ0v) is 11.1. The zero-order valence-electron chi connectivity index (χ0n) is 9.34. The van der Waals surface area contributed by atoms with Crippen molar-refractivity contribution < 1.29 is 52.7 Å². The third-order valence-corrected chi connectivity index (χ3v) is 4.73. The molecule has 0 aromatic heterocycles. The third-order valence-electron chi connectivity index (χ3n) is 2.15. The minimum absolute atomic E-state index is 0.901. The van der Waals surface area contributed by atoms with Crippen LogP contribution >= 0.6 is 15.6 Å². The van der Waals surface area contributed by atoms with Crippen LogP contribution in [0.3, 0.4) is 0 Å². The second-order valence-electron chi connectivity index (χ2n) is 3.73. The Balaban J connectivity index is 2.89. The van der Waals surface area contributed by atoms with Gasteiger partial charge < -0.3 is 30.2 Å². The summed E-state index contributed by atoms with van der Waals surface area (Å²) >= 11 is 0. The predicted molar refractivity (Wildman–Crippen MR) is 56.7 cm³/mol. The molecule has 1 aliphatic heterocycles. The molecule has 1 fully saturated rings.